The fourth-order valence-electron chi connectivity index (χ4n) is 4.79. The van der Waals surface area contributed by atoms with E-state index in [1.807, 2.05) is 54.6 Å². The Hall–Kier alpha value is -4.83. The van der Waals surface area contributed by atoms with Crippen molar-refractivity contribution >= 4 is 0 Å². The molecule has 5 aromatic carbocycles. The molecule has 0 fully saturated rings. The molecule has 0 atom stereocenters. The van der Waals surface area contributed by atoms with Gasteiger partial charge in [0.15, 0.2) is 0 Å². The third-order valence-corrected chi connectivity index (χ3v) is 6.74. The quantitative estimate of drug-likeness (QED) is 0.181. The minimum absolute atomic E-state index is 0. The van der Waals surface area contributed by atoms with Gasteiger partial charge in [0, 0.05) is 43.7 Å². The SMILES string of the molecule is Cc1ccccc1-n1c(-c2[c-]cccc2)nc(-c2ccccc2)c1-c1ccccc1.[Ir].[c-]1ccccc1-c1ncc[nH]1. The second-order valence-corrected chi connectivity index (χ2v) is 9.48. The number of H-pyrrole nitrogens is 1. The maximum atomic E-state index is 5.18. The van der Waals surface area contributed by atoms with Crippen molar-refractivity contribution in [3.8, 4) is 51.0 Å². The first kappa shape index (κ1) is 28.7. The summed E-state index contributed by atoms with van der Waals surface area (Å²) in [5.74, 6) is 1.76. The average Bonchev–Trinajstić information content (AvgIpc) is 3.73. The van der Waals surface area contributed by atoms with E-state index in [9.17, 15) is 0 Å². The maximum absolute atomic E-state index is 5.18. The zero-order chi connectivity index (χ0) is 27.9. The molecule has 1 radical (unpaired) electrons. The maximum Gasteiger partial charge on any atom is 0.0852 e. The van der Waals surface area contributed by atoms with Crippen molar-refractivity contribution in [1.29, 1.82) is 0 Å². The molecule has 0 saturated carbocycles. The van der Waals surface area contributed by atoms with Crippen LogP contribution in [0.2, 0.25) is 0 Å². The second-order valence-electron chi connectivity index (χ2n) is 9.48. The van der Waals surface area contributed by atoms with Gasteiger partial charge in [0.1, 0.15) is 0 Å². The summed E-state index contributed by atoms with van der Waals surface area (Å²) < 4.78 is 2.28. The Kier molecular flexibility index (Phi) is 9.35. The summed E-state index contributed by atoms with van der Waals surface area (Å²) in [4.78, 5) is 12.3. The number of aromatic nitrogens is 4. The van der Waals surface area contributed by atoms with Gasteiger partial charge in [0.2, 0.25) is 0 Å². The molecule has 2 aromatic heterocycles. The number of nitrogens with zero attached hydrogens (tertiary/aromatic N) is 3. The fraction of sp³-hybridized carbons (Fsp3) is 0.0270. The van der Waals surface area contributed by atoms with E-state index >= 15 is 0 Å². The molecule has 0 amide bonds. The van der Waals surface area contributed by atoms with Crippen molar-refractivity contribution in [3.05, 3.63) is 164 Å². The molecule has 7 rings (SSSR count). The number of nitrogens with one attached hydrogen (secondary N) is 1. The van der Waals surface area contributed by atoms with Crippen LogP contribution in [0.5, 0.6) is 0 Å². The van der Waals surface area contributed by atoms with E-state index in [0.717, 1.165) is 51.0 Å². The van der Waals surface area contributed by atoms with Crippen LogP contribution in [0.4, 0.5) is 0 Å². The van der Waals surface area contributed by atoms with E-state index in [4.69, 9.17) is 4.98 Å². The van der Waals surface area contributed by atoms with Gasteiger partial charge in [-0.2, -0.15) is 0 Å². The van der Waals surface area contributed by atoms with Gasteiger partial charge in [0.05, 0.1) is 23.0 Å². The number of hydrogen-bond acceptors (Lipinski definition) is 2. The molecule has 4 nitrogen and oxygen atoms in total. The molecular formula is C37H28IrN4-2. The number of benzene rings is 5. The van der Waals surface area contributed by atoms with Crippen LogP contribution in [0.3, 0.4) is 0 Å². The van der Waals surface area contributed by atoms with Gasteiger partial charge < -0.3 is 9.55 Å². The Labute approximate surface area is 260 Å². The summed E-state index contributed by atoms with van der Waals surface area (Å²) in [5, 5.41) is 0. The van der Waals surface area contributed by atoms with Gasteiger partial charge in [-0.1, -0.05) is 78.9 Å². The summed E-state index contributed by atoms with van der Waals surface area (Å²) in [6.45, 7) is 2.14. The van der Waals surface area contributed by atoms with E-state index in [1.165, 1.54) is 5.56 Å². The van der Waals surface area contributed by atoms with Crippen LogP contribution in [0.1, 0.15) is 5.56 Å². The summed E-state index contributed by atoms with van der Waals surface area (Å²) in [6, 6.07) is 51.6. The van der Waals surface area contributed by atoms with Crippen LogP contribution < -0.4 is 0 Å². The van der Waals surface area contributed by atoms with E-state index in [2.05, 4.69) is 112 Å². The molecule has 42 heavy (non-hydrogen) atoms. The fourth-order valence-corrected chi connectivity index (χ4v) is 4.79. The minimum atomic E-state index is 0. The molecule has 0 unspecified atom stereocenters. The first-order chi connectivity index (χ1) is 20.3. The van der Waals surface area contributed by atoms with Crippen LogP contribution in [-0.2, 0) is 20.1 Å². The normalized spacial score (nSPS) is 10.3. The summed E-state index contributed by atoms with van der Waals surface area (Å²) in [7, 11) is 0. The van der Waals surface area contributed by atoms with Crippen LogP contribution in [0.15, 0.2) is 146 Å². The Balaban J connectivity index is 0.000000247. The Bertz CT molecular complexity index is 1810. The molecule has 5 heteroatoms. The molecule has 0 bridgehead atoms. The van der Waals surface area contributed by atoms with Gasteiger partial charge in [-0.15, -0.1) is 71.8 Å². The number of hydrogen-bond donors (Lipinski definition) is 1. The summed E-state index contributed by atoms with van der Waals surface area (Å²) >= 11 is 0. The number of aryl methyl sites for hydroxylation is 1. The molecule has 0 saturated heterocycles. The molecule has 0 aliphatic heterocycles. The van der Waals surface area contributed by atoms with Crippen molar-refractivity contribution in [3.63, 3.8) is 0 Å². The molecule has 0 aliphatic carbocycles. The summed E-state index contributed by atoms with van der Waals surface area (Å²) in [6.07, 6.45) is 3.53. The van der Waals surface area contributed by atoms with E-state index in [-0.39, 0.29) is 20.1 Å². The van der Waals surface area contributed by atoms with Crippen molar-refractivity contribution < 1.29 is 20.1 Å². The topological polar surface area (TPSA) is 46.5 Å². The first-order valence-corrected chi connectivity index (χ1v) is 13.5. The molecule has 7 aromatic rings. The molecular weight excluding hydrogens is 693 g/mol. The van der Waals surface area contributed by atoms with Gasteiger partial charge in [-0.25, -0.2) is 0 Å². The van der Waals surface area contributed by atoms with Crippen LogP contribution in [0, 0.1) is 19.1 Å². The van der Waals surface area contributed by atoms with Gasteiger partial charge >= 0.3 is 0 Å². The Morgan fingerprint density at radius 2 is 1.24 bits per heavy atom. The summed E-state index contributed by atoms with van der Waals surface area (Å²) in [5.41, 5.74) is 8.58. The van der Waals surface area contributed by atoms with Gasteiger partial charge in [-0.05, 0) is 24.1 Å². The van der Waals surface area contributed by atoms with E-state index in [0.29, 0.717) is 0 Å². The number of imidazole rings is 2. The minimum Gasteiger partial charge on any atom is -0.384 e. The van der Waals surface area contributed by atoms with Crippen molar-refractivity contribution in [1.82, 2.24) is 19.5 Å². The second kappa shape index (κ2) is 13.7. The predicted molar refractivity (Wildman–Crippen MR) is 166 cm³/mol. The largest absolute Gasteiger partial charge is 0.384 e. The first-order valence-electron chi connectivity index (χ1n) is 13.5. The Morgan fingerprint density at radius 3 is 1.83 bits per heavy atom. The van der Waals surface area contributed by atoms with Gasteiger partial charge in [0.25, 0.3) is 0 Å². The Morgan fingerprint density at radius 1 is 0.643 bits per heavy atom. The van der Waals surface area contributed by atoms with Crippen LogP contribution in [-0.4, -0.2) is 19.5 Å². The van der Waals surface area contributed by atoms with Crippen molar-refractivity contribution in [2.24, 2.45) is 0 Å². The third-order valence-electron chi connectivity index (χ3n) is 6.74. The van der Waals surface area contributed by atoms with Gasteiger partial charge in [-0.3, -0.25) is 9.97 Å². The molecule has 0 spiro atoms. The number of rotatable bonds is 5. The van der Waals surface area contributed by atoms with Crippen LogP contribution in [0.25, 0.3) is 51.0 Å². The van der Waals surface area contributed by atoms with Crippen molar-refractivity contribution in [2.75, 3.05) is 0 Å². The third kappa shape index (κ3) is 6.23. The van der Waals surface area contributed by atoms with Crippen molar-refractivity contribution in [2.45, 2.75) is 6.92 Å². The predicted octanol–water partition coefficient (Wildman–Crippen LogP) is 8.86. The van der Waals surface area contributed by atoms with E-state index < -0.39 is 0 Å². The molecule has 207 valence electrons. The van der Waals surface area contributed by atoms with E-state index in [1.54, 1.807) is 12.4 Å². The smallest absolute Gasteiger partial charge is 0.0852 e. The standard InChI is InChI=1S/C28H21N2.C9H7N2.Ir/c1-21-13-11-12-20-25(21)30-27(23-16-7-3-8-17-23)26(22-14-5-2-6-15-22)29-28(30)24-18-9-4-10-19-24;1-2-4-8(5-3-1)9-10-6-7-11-9;/h2-18,20H,1H3;1-4,6-7H,(H,10,11);/q2*-1;. The molecule has 0 aliphatic rings. The number of aromatic amines is 1. The zero-order valence-corrected chi connectivity index (χ0v) is 25.4. The number of para-hydroxylation sites is 1. The van der Waals surface area contributed by atoms with Crippen LogP contribution >= 0.6 is 0 Å². The molecule has 2 heterocycles. The zero-order valence-electron chi connectivity index (χ0n) is 23.0. The average molecular weight is 721 g/mol. The monoisotopic (exact) mass is 721 g/mol. The molecule has 1 N–H and O–H groups in total.